The zero-order valence-corrected chi connectivity index (χ0v) is 46.4. The first-order valence-corrected chi connectivity index (χ1v) is 27.5. The second kappa shape index (κ2) is 28.1. The molecule has 9 aromatic rings. The third kappa shape index (κ3) is 17.3. The molecule has 446 valence electrons. The number of ether oxygens (including phenoxy) is 1. The fourth-order valence-corrected chi connectivity index (χ4v) is 11.0. The van der Waals surface area contributed by atoms with Crippen LogP contribution in [-0.4, -0.2) is 50.1 Å². The fraction of sp³-hybridized carbons (Fsp3) is 0.152. The van der Waals surface area contributed by atoms with Gasteiger partial charge < -0.3 is 67.7 Å². The molecule has 4 saturated carbocycles. The number of fused-ring (bicyclic) bond motifs is 1. The molecule has 4 aliphatic carbocycles. The average Bonchev–Trinajstić information content (AvgIpc) is 2.79. The smallest absolute Gasteiger partial charge is 0.323 e. The molecule has 87 heavy (non-hydrogen) atoms. The maximum absolute atomic E-state index is 13.3. The molecule has 0 saturated heterocycles. The van der Waals surface area contributed by atoms with E-state index in [9.17, 15) is 41.8 Å². The van der Waals surface area contributed by atoms with Gasteiger partial charge in [-0.05, 0) is 165 Å². The second-order valence-electron chi connectivity index (χ2n) is 21.0. The van der Waals surface area contributed by atoms with Crippen LogP contribution in [0.3, 0.4) is 0 Å². The number of para-hydroxylation sites is 2. The molecule has 9 aromatic carbocycles. The monoisotopic (exact) mass is 1180 g/mol. The molecular formula is C66H60F4N8O9. The van der Waals surface area contributed by atoms with Crippen LogP contribution in [0.1, 0.15) is 38.5 Å². The van der Waals surface area contributed by atoms with E-state index < -0.39 is 64.4 Å². The zero-order valence-electron chi connectivity index (χ0n) is 46.4. The standard InChI is InChI=1S/C19H15FN2O3.C17H21FN2O2.C17H13FN2O2.C13H11FN2O2/c20-17-12-14(8-11-18(17)23)22-19(24)21-13-6-9-16(10-7-13)25-15-4-2-1-3-5-15;18-14-6-13(1-2-15(14)21)19-16(22)20-17-7-10-3-11(8-17)5-12(4-10)9-17;18-14-10-12(8-9-16(14)21)19-17(22)20-15-7-3-5-11-4-1-2-6-13(11)15;14-11-8-10(6-7-12(11)17)16-13(18)15-9-4-2-1-3-5-9/h1-12,23H,(H2,21,22,24);1-2,6,10-12,21H,3-5,7-9H2,(H2,19,20,22);1-10,21H,(H2,19,20,22);1-8,17H,(H2,15,16,18). The van der Waals surface area contributed by atoms with Crippen molar-refractivity contribution in [3.05, 3.63) is 223 Å². The summed E-state index contributed by atoms with van der Waals surface area (Å²) in [6, 6.07) is 51.3. The summed E-state index contributed by atoms with van der Waals surface area (Å²) in [5.41, 5.74) is 2.90. The van der Waals surface area contributed by atoms with Gasteiger partial charge in [0.15, 0.2) is 46.3 Å². The van der Waals surface area contributed by atoms with Gasteiger partial charge in [-0.25, -0.2) is 36.7 Å². The molecule has 12 N–H and O–H groups in total. The maximum Gasteiger partial charge on any atom is 0.323 e. The van der Waals surface area contributed by atoms with Gasteiger partial charge in [-0.2, -0.15) is 0 Å². The van der Waals surface area contributed by atoms with E-state index in [1.54, 1.807) is 54.6 Å². The third-order valence-corrected chi connectivity index (χ3v) is 14.4. The number of aromatic hydroxyl groups is 4. The van der Waals surface area contributed by atoms with Crippen LogP contribution >= 0.6 is 0 Å². The Morgan fingerprint density at radius 3 is 1.16 bits per heavy atom. The Bertz CT molecular complexity index is 3850. The number of hydrogen-bond donors (Lipinski definition) is 12. The summed E-state index contributed by atoms with van der Waals surface area (Å²) in [5.74, 6) is -1.26. The first kappa shape index (κ1) is 60.6. The van der Waals surface area contributed by atoms with E-state index in [-0.39, 0.29) is 28.6 Å². The van der Waals surface area contributed by atoms with Crippen LogP contribution in [-0.2, 0) is 0 Å². The molecule has 0 spiro atoms. The maximum atomic E-state index is 13.3. The number of hydrogen-bond acceptors (Lipinski definition) is 9. The van der Waals surface area contributed by atoms with Gasteiger partial charge >= 0.3 is 24.1 Å². The number of phenolic OH excluding ortho intramolecular Hbond substituents is 4. The van der Waals surface area contributed by atoms with Crippen LogP contribution in [0.5, 0.6) is 34.5 Å². The number of carbonyl (C=O) groups excluding carboxylic acids is 4. The molecule has 0 unspecified atom stereocenters. The van der Waals surface area contributed by atoms with Crippen molar-refractivity contribution in [3.63, 3.8) is 0 Å². The Morgan fingerprint density at radius 2 is 0.713 bits per heavy atom. The lowest BCUT2D eigenvalue weighted by Crippen LogP contribution is -2.60. The number of amides is 8. The first-order valence-electron chi connectivity index (χ1n) is 27.5. The van der Waals surface area contributed by atoms with Crippen LogP contribution in [0.4, 0.5) is 76.6 Å². The lowest BCUT2D eigenvalue weighted by atomic mass is 9.53. The van der Waals surface area contributed by atoms with Gasteiger partial charge in [0.05, 0.1) is 5.69 Å². The van der Waals surface area contributed by atoms with Gasteiger partial charge in [-0.15, -0.1) is 0 Å². The third-order valence-electron chi connectivity index (χ3n) is 14.4. The zero-order chi connectivity index (χ0) is 61.5. The predicted octanol–water partition coefficient (Wildman–Crippen LogP) is 16.1. The summed E-state index contributed by atoms with van der Waals surface area (Å²) in [6.07, 6.45) is 7.21. The lowest BCUT2D eigenvalue weighted by Gasteiger charge is -2.56. The fourth-order valence-electron chi connectivity index (χ4n) is 11.0. The largest absolute Gasteiger partial charge is 0.505 e. The number of rotatable bonds is 10. The van der Waals surface area contributed by atoms with Crippen LogP contribution in [0.25, 0.3) is 10.8 Å². The van der Waals surface area contributed by atoms with E-state index in [0.29, 0.717) is 28.5 Å². The van der Waals surface area contributed by atoms with E-state index in [4.69, 9.17) is 20.1 Å². The SMILES string of the molecule is O=C(Nc1ccc(O)c(F)c1)NC12CC3CC(CC(C3)C1)C2.O=C(Nc1ccc(O)c(F)c1)Nc1cccc2ccccc12.O=C(Nc1ccc(Oc2ccccc2)cc1)Nc1ccc(O)c(F)c1.O=C(Nc1ccccc1)Nc1ccc(O)c(F)c1. The van der Waals surface area contributed by atoms with Gasteiger partial charge in [0.25, 0.3) is 0 Å². The van der Waals surface area contributed by atoms with Crippen molar-refractivity contribution in [1.29, 1.82) is 0 Å². The summed E-state index contributed by atoms with van der Waals surface area (Å²) in [5, 5.41) is 59.6. The lowest BCUT2D eigenvalue weighted by molar-refractivity contribution is -0.0127. The molecular weight excluding hydrogens is 1120 g/mol. The molecule has 0 aromatic heterocycles. The molecule has 4 aliphatic rings. The number of benzene rings is 9. The highest BCUT2D eigenvalue weighted by Gasteiger charge is 2.51. The summed E-state index contributed by atoms with van der Waals surface area (Å²) in [6.45, 7) is 0. The topological polar surface area (TPSA) is 255 Å². The molecule has 4 bridgehead atoms. The number of halogens is 4. The molecule has 13 rings (SSSR count). The van der Waals surface area contributed by atoms with Gasteiger partial charge in [0.2, 0.25) is 0 Å². The van der Waals surface area contributed by atoms with Crippen LogP contribution in [0, 0.1) is 41.0 Å². The molecule has 0 heterocycles. The summed E-state index contributed by atoms with van der Waals surface area (Å²) >= 11 is 0. The minimum atomic E-state index is -0.805. The van der Waals surface area contributed by atoms with Gasteiger partial charge in [0, 0.05) is 69.3 Å². The van der Waals surface area contributed by atoms with E-state index >= 15 is 0 Å². The van der Waals surface area contributed by atoms with Crippen molar-refractivity contribution in [3.8, 4) is 34.5 Å². The number of anilines is 7. The summed E-state index contributed by atoms with van der Waals surface area (Å²) in [4.78, 5) is 47.8. The van der Waals surface area contributed by atoms with Crippen LogP contribution in [0.2, 0.25) is 0 Å². The number of carbonyl (C=O) groups is 4. The van der Waals surface area contributed by atoms with Crippen molar-refractivity contribution in [2.75, 3.05) is 37.2 Å². The molecule has 8 amide bonds. The number of urea groups is 4. The molecule has 0 aliphatic heterocycles. The van der Waals surface area contributed by atoms with E-state index in [2.05, 4.69) is 42.5 Å². The highest BCUT2D eigenvalue weighted by Crippen LogP contribution is 2.55. The molecule has 4 fully saturated rings. The Morgan fingerprint density at radius 1 is 0.368 bits per heavy atom. The van der Waals surface area contributed by atoms with E-state index in [1.807, 2.05) is 72.8 Å². The highest BCUT2D eigenvalue weighted by molar-refractivity contribution is 6.06. The molecule has 21 heteroatoms. The highest BCUT2D eigenvalue weighted by atomic mass is 19.1. The molecule has 0 atom stereocenters. The molecule has 0 radical (unpaired) electrons. The summed E-state index contributed by atoms with van der Waals surface area (Å²) in [7, 11) is 0. The van der Waals surface area contributed by atoms with Gasteiger partial charge in [-0.1, -0.05) is 72.8 Å². The van der Waals surface area contributed by atoms with Crippen molar-refractivity contribution in [1.82, 2.24) is 5.32 Å². The van der Waals surface area contributed by atoms with Crippen molar-refractivity contribution in [2.45, 2.75) is 44.1 Å². The normalized spacial score (nSPS) is 16.5. The van der Waals surface area contributed by atoms with Crippen LogP contribution in [0.15, 0.2) is 200 Å². The van der Waals surface area contributed by atoms with Gasteiger partial charge in [-0.3, -0.25) is 0 Å². The Balaban J connectivity index is 0.000000139. The van der Waals surface area contributed by atoms with E-state index in [1.165, 1.54) is 67.8 Å². The van der Waals surface area contributed by atoms with Gasteiger partial charge in [0.1, 0.15) is 11.5 Å². The molecule has 17 nitrogen and oxygen atoms in total. The Labute approximate surface area is 497 Å². The van der Waals surface area contributed by atoms with E-state index in [0.717, 1.165) is 77.8 Å². The van der Waals surface area contributed by atoms with Crippen LogP contribution < -0.4 is 47.3 Å². The average molecular weight is 1190 g/mol. The number of nitrogens with one attached hydrogen (secondary N) is 8. The second-order valence-corrected chi connectivity index (χ2v) is 21.0. The minimum absolute atomic E-state index is 0.0612. The van der Waals surface area contributed by atoms with Crippen molar-refractivity contribution < 1.29 is 61.9 Å². The predicted molar refractivity (Wildman–Crippen MR) is 327 cm³/mol. The Kier molecular flexibility index (Phi) is 19.6. The minimum Gasteiger partial charge on any atom is -0.505 e. The number of phenols is 4. The van der Waals surface area contributed by atoms with Crippen molar-refractivity contribution in [2.24, 2.45) is 17.8 Å². The quantitative estimate of drug-likeness (QED) is 0.0459. The van der Waals surface area contributed by atoms with Crippen molar-refractivity contribution >= 4 is 74.7 Å². The Hall–Kier alpha value is -11.0. The first-order chi connectivity index (χ1) is 41.9. The summed E-state index contributed by atoms with van der Waals surface area (Å²) < 4.78 is 58.5.